The molecule has 0 radical (unpaired) electrons. The van der Waals surface area contributed by atoms with Gasteiger partial charge in [0.05, 0.1) is 25.5 Å². The number of carbonyl (C=O) groups is 2. The first-order valence-electron chi connectivity index (χ1n) is 7.15. The second-order valence-electron chi connectivity index (χ2n) is 4.91. The van der Waals surface area contributed by atoms with Crippen LogP contribution in [-0.2, 0) is 16.1 Å². The van der Waals surface area contributed by atoms with Crippen molar-refractivity contribution in [2.45, 2.75) is 13.5 Å². The smallest absolute Gasteiger partial charge is 0.411 e. The number of rotatable bonds is 5. The minimum Gasteiger partial charge on any atom is -0.487 e. The zero-order valence-electron chi connectivity index (χ0n) is 13.7. The van der Waals surface area contributed by atoms with Crippen molar-refractivity contribution in [2.75, 3.05) is 19.5 Å². The average Bonchev–Trinajstić information content (AvgIpc) is 2.61. The molecule has 7 nitrogen and oxygen atoms in total. The molecule has 2 rings (SSSR count). The second-order valence-corrected chi connectivity index (χ2v) is 4.91. The van der Waals surface area contributed by atoms with Crippen LogP contribution < -0.4 is 10.1 Å². The highest BCUT2D eigenvalue weighted by atomic mass is 16.5. The van der Waals surface area contributed by atoms with Gasteiger partial charge in [0.1, 0.15) is 12.4 Å². The van der Waals surface area contributed by atoms with Crippen molar-refractivity contribution in [1.82, 2.24) is 4.98 Å². The Morgan fingerprint density at radius 3 is 2.50 bits per heavy atom. The molecule has 0 unspecified atom stereocenters. The molecule has 1 heterocycles. The third-order valence-corrected chi connectivity index (χ3v) is 3.25. The van der Waals surface area contributed by atoms with Crippen LogP contribution in [0.25, 0.3) is 0 Å². The molecule has 7 heteroatoms. The third kappa shape index (κ3) is 4.45. The van der Waals surface area contributed by atoms with E-state index in [1.54, 1.807) is 30.3 Å². The van der Waals surface area contributed by atoms with Gasteiger partial charge in [-0.2, -0.15) is 0 Å². The Kier molecular flexibility index (Phi) is 5.73. The number of nitrogens with zero attached hydrogens (tertiary/aromatic N) is 1. The Labute approximate surface area is 139 Å². The van der Waals surface area contributed by atoms with E-state index in [1.807, 2.05) is 6.92 Å². The van der Waals surface area contributed by atoms with Crippen LogP contribution >= 0.6 is 0 Å². The normalized spacial score (nSPS) is 9.96. The van der Waals surface area contributed by atoms with Crippen molar-refractivity contribution in [3.63, 3.8) is 0 Å². The average molecular weight is 330 g/mol. The largest absolute Gasteiger partial charge is 0.487 e. The predicted molar refractivity (Wildman–Crippen MR) is 87.1 cm³/mol. The van der Waals surface area contributed by atoms with E-state index in [2.05, 4.69) is 19.8 Å². The monoisotopic (exact) mass is 330 g/mol. The van der Waals surface area contributed by atoms with Gasteiger partial charge < -0.3 is 14.2 Å². The number of ether oxygens (including phenoxy) is 3. The summed E-state index contributed by atoms with van der Waals surface area (Å²) in [4.78, 5) is 26.7. The molecule has 0 fully saturated rings. The fourth-order valence-electron chi connectivity index (χ4n) is 1.93. The number of hydrogen-bond donors (Lipinski definition) is 1. The molecule has 0 aliphatic rings. The van der Waals surface area contributed by atoms with Gasteiger partial charge in [-0.25, -0.2) is 9.59 Å². The molecular formula is C17H18N2O5. The minimum absolute atomic E-state index is 0.255. The van der Waals surface area contributed by atoms with Gasteiger partial charge in [0.25, 0.3) is 0 Å². The van der Waals surface area contributed by atoms with Gasteiger partial charge in [-0.15, -0.1) is 0 Å². The van der Waals surface area contributed by atoms with Gasteiger partial charge in [-0.3, -0.25) is 10.3 Å². The van der Waals surface area contributed by atoms with Crippen LogP contribution in [0.15, 0.2) is 36.5 Å². The summed E-state index contributed by atoms with van der Waals surface area (Å²) in [7, 11) is 2.63. The van der Waals surface area contributed by atoms with Crippen molar-refractivity contribution in [3.8, 4) is 5.75 Å². The maximum atomic E-state index is 11.3. The Hall–Kier alpha value is -3.09. The Bertz CT molecular complexity index is 728. The van der Waals surface area contributed by atoms with Crippen LogP contribution in [-0.4, -0.2) is 31.3 Å². The zero-order chi connectivity index (χ0) is 17.5. The second kappa shape index (κ2) is 7.96. The highest BCUT2D eigenvalue weighted by Gasteiger charge is 2.07. The van der Waals surface area contributed by atoms with Crippen LogP contribution in [0.2, 0.25) is 0 Å². The molecule has 1 N–H and O–H groups in total. The first-order valence-corrected chi connectivity index (χ1v) is 7.15. The lowest BCUT2D eigenvalue weighted by atomic mass is 10.2. The Morgan fingerprint density at radius 2 is 1.92 bits per heavy atom. The molecule has 1 amide bonds. The first kappa shape index (κ1) is 17.3. The Morgan fingerprint density at radius 1 is 1.12 bits per heavy atom. The summed E-state index contributed by atoms with van der Waals surface area (Å²) < 4.78 is 14.8. The van der Waals surface area contributed by atoms with Crippen LogP contribution in [0, 0.1) is 6.92 Å². The number of benzene rings is 1. The molecule has 0 saturated heterocycles. The first-order chi connectivity index (χ1) is 11.5. The summed E-state index contributed by atoms with van der Waals surface area (Å²) in [6.45, 7) is 2.10. The molecule has 0 aliphatic heterocycles. The molecule has 24 heavy (non-hydrogen) atoms. The number of nitrogens with one attached hydrogen (secondary N) is 1. The van der Waals surface area contributed by atoms with Crippen molar-refractivity contribution in [3.05, 3.63) is 53.3 Å². The lowest BCUT2D eigenvalue weighted by Crippen LogP contribution is -2.11. The van der Waals surface area contributed by atoms with E-state index in [1.165, 1.54) is 20.4 Å². The SMILES string of the molecule is COC(=O)Nc1ccc(OCc2ccc(C(=O)OC)cn2)cc1C. The van der Waals surface area contributed by atoms with E-state index in [4.69, 9.17) is 4.74 Å². The molecule has 1 aromatic heterocycles. The highest BCUT2D eigenvalue weighted by Crippen LogP contribution is 2.22. The molecule has 2 aromatic rings. The summed E-state index contributed by atoms with van der Waals surface area (Å²) >= 11 is 0. The van der Waals surface area contributed by atoms with Gasteiger partial charge in [0.2, 0.25) is 0 Å². The van der Waals surface area contributed by atoms with E-state index < -0.39 is 12.1 Å². The number of aryl methyl sites for hydroxylation is 1. The topological polar surface area (TPSA) is 86.8 Å². The van der Waals surface area contributed by atoms with E-state index in [9.17, 15) is 9.59 Å². The van der Waals surface area contributed by atoms with Crippen LogP contribution in [0.5, 0.6) is 5.75 Å². The zero-order valence-corrected chi connectivity index (χ0v) is 13.7. The van der Waals surface area contributed by atoms with Gasteiger partial charge in [-0.1, -0.05) is 0 Å². The molecule has 0 aliphatic carbocycles. The summed E-state index contributed by atoms with van der Waals surface area (Å²) in [5.74, 6) is 0.209. The van der Waals surface area contributed by atoms with E-state index in [0.717, 1.165) is 5.56 Å². The van der Waals surface area contributed by atoms with Crippen molar-refractivity contribution in [1.29, 1.82) is 0 Å². The summed E-state index contributed by atoms with van der Waals surface area (Å²) in [5.41, 5.74) is 2.55. The fraction of sp³-hybridized carbons (Fsp3) is 0.235. The van der Waals surface area contributed by atoms with E-state index in [-0.39, 0.29) is 6.61 Å². The summed E-state index contributed by atoms with van der Waals surface area (Å²) in [5, 5.41) is 2.61. The van der Waals surface area contributed by atoms with Crippen LogP contribution in [0.4, 0.5) is 10.5 Å². The van der Waals surface area contributed by atoms with E-state index >= 15 is 0 Å². The van der Waals surface area contributed by atoms with Crippen molar-refractivity contribution < 1.29 is 23.8 Å². The Balaban J connectivity index is 1.98. The minimum atomic E-state index is -0.526. The lowest BCUT2D eigenvalue weighted by Gasteiger charge is -2.10. The van der Waals surface area contributed by atoms with E-state index in [0.29, 0.717) is 22.7 Å². The standard InChI is InChI=1S/C17H18N2O5/c1-11-8-14(6-7-15(11)19-17(21)23-3)24-10-13-5-4-12(9-18-13)16(20)22-2/h4-9H,10H2,1-3H3,(H,19,21). The number of carbonyl (C=O) groups excluding carboxylic acids is 2. The molecule has 0 saturated carbocycles. The van der Waals surface area contributed by atoms with Gasteiger partial charge in [0.15, 0.2) is 0 Å². The maximum Gasteiger partial charge on any atom is 0.411 e. The lowest BCUT2D eigenvalue weighted by molar-refractivity contribution is 0.0600. The molecule has 0 spiro atoms. The fourth-order valence-corrected chi connectivity index (χ4v) is 1.93. The molecule has 0 atom stereocenters. The van der Waals surface area contributed by atoms with Crippen LogP contribution in [0.3, 0.4) is 0 Å². The number of aromatic nitrogens is 1. The summed E-state index contributed by atoms with van der Waals surface area (Å²) in [6.07, 6.45) is 0.917. The van der Waals surface area contributed by atoms with Gasteiger partial charge >= 0.3 is 12.1 Å². The quantitative estimate of drug-likeness (QED) is 0.848. The molecule has 0 bridgehead atoms. The number of pyridine rings is 1. The maximum absolute atomic E-state index is 11.3. The van der Waals surface area contributed by atoms with Crippen molar-refractivity contribution >= 4 is 17.7 Å². The number of hydrogen-bond acceptors (Lipinski definition) is 6. The number of methoxy groups -OCH3 is 2. The predicted octanol–water partition coefficient (Wildman–Crippen LogP) is 2.93. The van der Waals surface area contributed by atoms with Crippen molar-refractivity contribution in [2.24, 2.45) is 0 Å². The van der Waals surface area contributed by atoms with Gasteiger partial charge in [0, 0.05) is 11.9 Å². The summed E-state index contributed by atoms with van der Waals surface area (Å²) in [6, 6.07) is 8.60. The molecular weight excluding hydrogens is 312 g/mol. The number of amides is 1. The van der Waals surface area contributed by atoms with Crippen LogP contribution in [0.1, 0.15) is 21.6 Å². The molecule has 126 valence electrons. The number of esters is 1. The van der Waals surface area contributed by atoms with Gasteiger partial charge in [-0.05, 0) is 42.8 Å². The highest BCUT2D eigenvalue weighted by molar-refractivity contribution is 5.88. The third-order valence-electron chi connectivity index (χ3n) is 3.25. The molecule has 1 aromatic carbocycles. The number of anilines is 1.